The Morgan fingerprint density at radius 2 is 0.960 bits per heavy atom. The maximum Gasteiger partial charge on any atom is 0.571 e. The third-order valence-corrected chi connectivity index (χ3v) is 10.5. The van der Waals surface area contributed by atoms with Crippen molar-refractivity contribution in [2.24, 2.45) is 20.0 Å². The van der Waals surface area contributed by atoms with Crippen LogP contribution in [0.4, 0.5) is 11.6 Å². The van der Waals surface area contributed by atoms with Gasteiger partial charge in [-0.05, 0) is 11.1 Å². The highest BCUT2D eigenvalue weighted by Gasteiger charge is 2.44. The lowest BCUT2D eigenvalue weighted by atomic mass is 10.00. The number of benzene rings is 5. The summed E-state index contributed by atoms with van der Waals surface area (Å²) >= 11 is 0. The molecule has 12 heteroatoms. The van der Waals surface area contributed by atoms with E-state index in [1.807, 2.05) is 142 Å². The fourth-order valence-corrected chi connectivity index (χ4v) is 8.02. The molecule has 240 valence electrons. The van der Waals surface area contributed by atoms with Gasteiger partial charge in [-0.25, -0.2) is 24.5 Å². The highest BCUT2D eigenvalue weighted by Crippen LogP contribution is 2.53. The third-order valence-electron chi connectivity index (χ3n) is 9.12. The normalized spacial score (nSPS) is 15.9. The second-order valence-corrected chi connectivity index (χ2v) is 13.8. The Morgan fingerprint density at radius 3 is 1.54 bits per heavy atom. The van der Waals surface area contributed by atoms with Gasteiger partial charge in [-0.1, -0.05) is 133 Å². The predicted octanol–water partition coefficient (Wildman–Crippen LogP) is 7.27. The first-order chi connectivity index (χ1) is 24.6. The number of nitrogens with zero attached hydrogens (tertiary/aromatic N) is 6. The SMILES string of the molecule is O=P(OCc1ccccc1)(OCc1ccccc1)OB1n2c3c4ccccc4c2/N=C2N=C(/N=c4/c5ccccc5c(n41)=N3)c1ccccc1\2. The number of aliphatic imine (C=N–C) groups is 2. The Labute approximate surface area is 286 Å². The van der Waals surface area contributed by atoms with Crippen LogP contribution in [0.2, 0.25) is 0 Å². The molecule has 7 aromatic rings. The average Bonchev–Trinajstić information content (AvgIpc) is 3.79. The van der Waals surface area contributed by atoms with Crippen LogP contribution in [-0.2, 0) is 31.3 Å². The van der Waals surface area contributed by atoms with Crippen LogP contribution >= 0.6 is 7.82 Å². The van der Waals surface area contributed by atoms with E-state index in [9.17, 15) is 0 Å². The van der Waals surface area contributed by atoms with Crippen molar-refractivity contribution in [3.63, 3.8) is 0 Å². The van der Waals surface area contributed by atoms with Crippen molar-refractivity contribution in [2.75, 3.05) is 0 Å². The molecule has 0 N–H and O–H groups in total. The zero-order chi connectivity index (χ0) is 33.2. The minimum absolute atomic E-state index is 0.00350. The van der Waals surface area contributed by atoms with E-state index in [1.165, 1.54) is 0 Å². The van der Waals surface area contributed by atoms with Crippen LogP contribution in [0.15, 0.2) is 153 Å². The van der Waals surface area contributed by atoms with Gasteiger partial charge in [-0.3, -0.25) is 9.05 Å². The number of hydrogen-bond acceptors (Lipinski definition) is 8. The summed E-state index contributed by atoms with van der Waals surface area (Å²) in [6, 6.07) is 42.9. The summed E-state index contributed by atoms with van der Waals surface area (Å²) in [5.74, 6) is 2.18. The van der Waals surface area contributed by atoms with Crippen LogP contribution in [0.5, 0.6) is 0 Å². The van der Waals surface area contributed by atoms with Crippen LogP contribution in [0.1, 0.15) is 22.3 Å². The van der Waals surface area contributed by atoms with E-state index in [4.69, 9.17) is 33.5 Å². The van der Waals surface area contributed by atoms with E-state index in [2.05, 4.69) is 0 Å². The molecule has 0 aliphatic carbocycles. The summed E-state index contributed by atoms with van der Waals surface area (Å²) in [5, 5.41) is 3.39. The van der Waals surface area contributed by atoms with E-state index in [0.29, 0.717) is 34.3 Å². The second kappa shape index (κ2) is 11.4. The van der Waals surface area contributed by atoms with Crippen LogP contribution in [-0.4, -0.2) is 27.8 Å². The standard InChI is InChI=1S/C38H26BN6O4P/c46-50(47-23-25-13-3-1-4-14-25,48-24-26-15-5-2-6-16-26)49-39-44-35-29-19-9-11-21-31(29)37(44)43-38-32-22-12-10-20-30(32)36(45(38)39)42-34-28-18-8-7-17-27(28)33(40-34)41-35/h1-22H,23-24H2/b41-33-,41-35?,42-34?,42-36-. The van der Waals surface area contributed by atoms with Gasteiger partial charge in [0.1, 0.15) is 22.6 Å². The third kappa shape index (κ3) is 4.67. The first kappa shape index (κ1) is 29.2. The van der Waals surface area contributed by atoms with Gasteiger partial charge in [-0.2, -0.15) is 0 Å². The van der Waals surface area contributed by atoms with Gasteiger partial charge in [-0.15, -0.1) is 0 Å². The molecule has 0 amide bonds. The topological polar surface area (TPSA) is 104 Å². The molecule has 5 aromatic carbocycles. The van der Waals surface area contributed by atoms with E-state index in [0.717, 1.165) is 43.8 Å². The largest absolute Gasteiger partial charge is 0.571 e. The molecule has 4 bridgehead atoms. The molecule has 5 heterocycles. The molecule has 10 nitrogen and oxygen atoms in total. The molecule has 2 aromatic heterocycles. The molecule has 0 radical (unpaired) electrons. The van der Waals surface area contributed by atoms with Crippen molar-refractivity contribution < 1.29 is 18.1 Å². The first-order valence-corrected chi connectivity index (χ1v) is 17.7. The molecule has 0 atom stereocenters. The van der Waals surface area contributed by atoms with Crippen molar-refractivity contribution in [3.05, 3.63) is 167 Å². The maximum absolute atomic E-state index is 15.1. The van der Waals surface area contributed by atoms with Crippen LogP contribution in [0, 0.1) is 0 Å². The van der Waals surface area contributed by atoms with Crippen molar-refractivity contribution in [1.82, 2.24) is 8.96 Å². The van der Waals surface area contributed by atoms with Crippen LogP contribution in [0.3, 0.4) is 0 Å². The number of phosphoric acid groups is 1. The quantitative estimate of drug-likeness (QED) is 0.125. The van der Waals surface area contributed by atoms with Gasteiger partial charge < -0.3 is 13.4 Å². The minimum atomic E-state index is -4.34. The van der Waals surface area contributed by atoms with Crippen molar-refractivity contribution >= 4 is 59.9 Å². The summed E-state index contributed by atoms with van der Waals surface area (Å²) in [5.41, 5.74) is 4.52. The summed E-state index contributed by atoms with van der Waals surface area (Å²) in [4.78, 5) is 20.6. The zero-order valence-electron chi connectivity index (χ0n) is 26.5. The number of fused-ring (bicyclic) bond motifs is 10. The van der Waals surface area contributed by atoms with Crippen LogP contribution < -0.4 is 11.0 Å². The molecule has 0 saturated heterocycles. The molecule has 10 rings (SSSR count). The van der Waals surface area contributed by atoms with Crippen molar-refractivity contribution in [1.29, 1.82) is 0 Å². The molecular weight excluding hydrogens is 646 g/mol. The molecule has 0 spiro atoms. The molecule has 50 heavy (non-hydrogen) atoms. The molecule has 0 saturated carbocycles. The Bertz CT molecular complexity index is 2700. The Balaban J connectivity index is 1.24. The zero-order valence-corrected chi connectivity index (χ0v) is 27.4. The molecule has 0 unspecified atom stereocenters. The van der Waals surface area contributed by atoms with Gasteiger partial charge in [0.05, 0.1) is 13.2 Å². The molecule has 3 aliphatic heterocycles. The predicted molar refractivity (Wildman–Crippen MR) is 193 cm³/mol. The highest BCUT2D eigenvalue weighted by molar-refractivity contribution is 7.49. The highest BCUT2D eigenvalue weighted by atomic mass is 31.2. The van der Waals surface area contributed by atoms with Gasteiger partial charge >= 0.3 is 15.0 Å². The summed E-state index contributed by atoms with van der Waals surface area (Å²) in [7, 11) is -5.46. The Kier molecular flexibility index (Phi) is 6.69. The van der Waals surface area contributed by atoms with Gasteiger partial charge in [0.2, 0.25) is 0 Å². The fourth-order valence-electron chi connectivity index (χ4n) is 6.78. The summed E-state index contributed by atoms with van der Waals surface area (Å²) in [6.45, 7) is 0.00701. The minimum Gasteiger partial charge on any atom is -0.307 e. The number of aromatic nitrogens is 2. The second-order valence-electron chi connectivity index (χ2n) is 12.2. The lowest BCUT2D eigenvalue weighted by molar-refractivity contribution is 0.141. The summed E-state index contributed by atoms with van der Waals surface area (Å²) < 4.78 is 37.9. The lowest BCUT2D eigenvalue weighted by Crippen LogP contribution is -2.49. The first-order valence-electron chi connectivity index (χ1n) is 16.3. The smallest absolute Gasteiger partial charge is 0.307 e. The van der Waals surface area contributed by atoms with E-state index in [-0.39, 0.29) is 13.2 Å². The number of rotatable bonds is 8. The van der Waals surface area contributed by atoms with E-state index < -0.39 is 15.0 Å². The van der Waals surface area contributed by atoms with Crippen molar-refractivity contribution in [3.8, 4) is 0 Å². The molecule has 0 fully saturated rings. The number of phosphoric ester groups is 1. The fraction of sp³-hybridized carbons (Fsp3) is 0.0526. The van der Waals surface area contributed by atoms with Crippen molar-refractivity contribution in [2.45, 2.75) is 13.2 Å². The monoisotopic (exact) mass is 672 g/mol. The Hall–Kier alpha value is -5.71. The number of hydrogen-bond donors (Lipinski definition) is 0. The van der Waals surface area contributed by atoms with E-state index in [1.54, 1.807) is 0 Å². The molecular formula is C38H26BN6O4P. The maximum atomic E-state index is 15.1. The van der Waals surface area contributed by atoms with Gasteiger partial charge in [0.25, 0.3) is 0 Å². The lowest BCUT2D eigenvalue weighted by Gasteiger charge is -2.26. The average molecular weight is 672 g/mol. The van der Waals surface area contributed by atoms with Gasteiger partial charge in [0.15, 0.2) is 11.7 Å². The van der Waals surface area contributed by atoms with Gasteiger partial charge in [0, 0.05) is 32.7 Å². The molecule has 3 aliphatic rings. The Morgan fingerprint density at radius 1 is 0.500 bits per heavy atom. The number of amidine groups is 2. The summed E-state index contributed by atoms with van der Waals surface area (Å²) in [6.07, 6.45) is 0. The van der Waals surface area contributed by atoms with E-state index >= 15 is 4.57 Å². The van der Waals surface area contributed by atoms with Crippen LogP contribution in [0.25, 0.3) is 21.5 Å².